The van der Waals surface area contributed by atoms with Crippen LogP contribution in [0.5, 0.6) is 0 Å². The molecule has 182 valence electrons. The lowest BCUT2D eigenvalue weighted by Gasteiger charge is -2.38. The van der Waals surface area contributed by atoms with Crippen molar-refractivity contribution in [1.82, 2.24) is 4.72 Å². The first kappa shape index (κ1) is 23.4. The summed E-state index contributed by atoms with van der Waals surface area (Å²) >= 11 is 0. The van der Waals surface area contributed by atoms with E-state index in [-0.39, 0.29) is 18.0 Å². The van der Waals surface area contributed by atoms with Crippen molar-refractivity contribution in [1.29, 1.82) is 0 Å². The molecule has 1 aliphatic heterocycles. The smallest absolute Gasteiger partial charge is 0.240 e. The minimum Gasteiger partial charge on any atom is -0.378 e. The van der Waals surface area contributed by atoms with E-state index < -0.39 is 10.0 Å². The molecule has 2 aromatic rings. The molecule has 1 heterocycles. The molecule has 6 heteroatoms. The van der Waals surface area contributed by atoms with Crippen LogP contribution in [-0.4, -0.2) is 27.5 Å². The summed E-state index contributed by atoms with van der Waals surface area (Å²) < 4.78 is 29.3. The highest BCUT2D eigenvalue weighted by Gasteiger charge is 2.38. The molecule has 2 aliphatic carbocycles. The lowest BCUT2D eigenvalue weighted by atomic mass is 9.77. The molecule has 34 heavy (non-hydrogen) atoms. The molecule has 0 aromatic heterocycles. The molecule has 5 nitrogen and oxygen atoms in total. The zero-order chi connectivity index (χ0) is 23.7. The second-order valence-corrected chi connectivity index (χ2v) is 11.7. The molecule has 0 saturated heterocycles. The van der Waals surface area contributed by atoms with E-state index in [1.165, 1.54) is 17.7 Å². The minimum atomic E-state index is -3.51. The first-order valence-electron chi connectivity index (χ1n) is 12.9. The third kappa shape index (κ3) is 4.50. The Hall–Kier alpha value is -2.31. The van der Waals surface area contributed by atoms with E-state index in [1.54, 1.807) is 6.07 Å². The van der Waals surface area contributed by atoms with Crippen LogP contribution in [0, 0.1) is 5.92 Å². The molecule has 0 bridgehead atoms. The number of hydrogen-bond donors (Lipinski definition) is 2. The minimum absolute atomic E-state index is 0.0655. The van der Waals surface area contributed by atoms with Gasteiger partial charge in [0.15, 0.2) is 0 Å². The molecule has 1 fully saturated rings. The van der Waals surface area contributed by atoms with Crippen molar-refractivity contribution in [3.8, 4) is 0 Å². The zero-order valence-corrected chi connectivity index (χ0v) is 21.2. The SMILES string of the molecule is CCN(CC)c1ccc(C2Nc3ccc(S(=O)(=O)NC4CCCCC4)cc3C3C=CCC32)cc1. The van der Waals surface area contributed by atoms with E-state index in [9.17, 15) is 8.42 Å². The maximum absolute atomic E-state index is 13.1. The summed E-state index contributed by atoms with van der Waals surface area (Å²) in [6.45, 7) is 6.37. The molecule has 0 spiro atoms. The molecule has 2 N–H and O–H groups in total. The molecule has 1 saturated carbocycles. The second-order valence-electron chi connectivity index (χ2n) is 9.94. The Balaban J connectivity index is 1.40. The van der Waals surface area contributed by atoms with Gasteiger partial charge in [0.2, 0.25) is 10.0 Å². The summed E-state index contributed by atoms with van der Waals surface area (Å²) in [5.41, 5.74) is 4.69. The number of rotatable bonds is 7. The molecular formula is C28H37N3O2S. The highest BCUT2D eigenvalue weighted by molar-refractivity contribution is 7.89. The van der Waals surface area contributed by atoms with Gasteiger partial charge in [-0.3, -0.25) is 0 Å². The Morgan fingerprint density at radius 2 is 1.74 bits per heavy atom. The predicted octanol–water partition coefficient (Wildman–Crippen LogP) is 5.97. The van der Waals surface area contributed by atoms with Gasteiger partial charge >= 0.3 is 0 Å². The average molecular weight is 480 g/mol. The summed E-state index contributed by atoms with van der Waals surface area (Å²) in [6, 6.07) is 14.8. The van der Waals surface area contributed by atoms with Crippen LogP contribution in [0.3, 0.4) is 0 Å². The zero-order valence-electron chi connectivity index (χ0n) is 20.3. The third-order valence-electron chi connectivity index (χ3n) is 7.95. The Morgan fingerprint density at radius 3 is 2.44 bits per heavy atom. The number of sulfonamides is 1. The molecule has 0 amide bonds. The van der Waals surface area contributed by atoms with E-state index in [0.717, 1.165) is 56.4 Å². The first-order chi connectivity index (χ1) is 16.5. The third-order valence-corrected chi connectivity index (χ3v) is 9.47. The van der Waals surface area contributed by atoms with Crippen LogP contribution in [0.1, 0.15) is 75.5 Å². The average Bonchev–Trinajstić information content (AvgIpc) is 3.35. The topological polar surface area (TPSA) is 61.4 Å². The number of anilines is 2. The second kappa shape index (κ2) is 9.74. The number of fused-ring (bicyclic) bond motifs is 3. The van der Waals surface area contributed by atoms with Gasteiger partial charge in [0.05, 0.1) is 10.9 Å². The highest BCUT2D eigenvalue weighted by atomic mass is 32.2. The lowest BCUT2D eigenvalue weighted by molar-refractivity contribution is 0.411. The predicted molar refractivity (Wildman–Crippen MR) is 140 cm³/mol. The van der Waals surface area contributed by atoms with Crippen molar-refractivity contribution in [3.63, 3.8) is 0 Å². The normalized spacial score (nSPS) is 24.4. The van der Waals surface area contributed by atoms with Gasteiger partial charge in [0.25, 0.3) is 0 Å². The van der Waals surface area contributed by atoms with E-state index in [1.807, 2.05) is 12.1 Å². The standard InChI is InChI=1S/C28H37N3O2S/c1-3-31(4-2)22-15-13-20(14-16-22)28-25-12-8-11-24(25)26-19-23(17-18-27(26)29-28)34(32,33)30-21-9-6-5-7-10-21/h8,11,13-19,21,24-25,28-30H,3-7,9-10,12H2,1-2H3. The number of nitrogens with one attached hydrogen (secondary N) is 2. The van der Waals surface area contributed by atoms with Crippen LogP contribution in [0.2, 0.25) is 0 Å². The van der Waals surface area contributed by atoms with E-state index >= 15 is 0 Å². The van der Waals surface area contributed by atoms with Crippen LogP contribution in [0.25, 0.3) is 0 Å². The summed E-state index contributed by atoms with van der Waals surface area (Å²) in [4.78, 5) is 2.75. The fourth-order valence-corrected chi connectivity index (χ4v) is 7.40. The maximum Gasteiger partial charge on any atom is 0.240 e. The molecule has 3 unspecified atom stereocenters. The fourth-order valence-electron chi connectivity index (χ4n) is 6.06. The van der Waals surface area contributed by atoms with Crippen molar-refractivity contribution >= 4 is 21.4 Å². The number of benzene rings is 2. The Labute approximate surface area is 204 Å². The Morgan fingerprint density at radius 1 is 1.00 bits per heavy atom. The summed E-state index contributed by atoms with van der Waals surface area (Å²) in [7, 11) is -3.51. The van der Waals surface area contributed by atoms with Crippen LogP contribution < -0.4 is 14.9 Å². The molecule has 3 atom stereocenters. The van der Waals surface area contributed by atoms with Gasteiger partial charge < -0.3 is 10.2 Å². The summed E-state index contributed by atoms with van der Waals surface area (Å²) in [5.74, 6) is 0.615. The molecule has 0 radical (unpaired) electrons. The van der Waals surface area contributed by atoms with Gasteiger partial charge in [-0.25, -0.2) is 13.1 Å². The van der Waals surface area contributed by atoms with E-state index in [2.05, 4.69) is 65.2 Å². The van der Waals surface area contributed by atoms with Crippen LogP contribution in [-0.2, 0) is 10.0 Å². The monoisotopic (exact) mass is 479 g/mol. The lowest BCUT2D eigenvalue weighted by Crippen LogP contribution is -2.36. The van der Waals surface area contributed by atoms with Gasteiger partial charge in [-0.2, -0.15) is 0 Å². The van der Waals surface area contributed by atoms with Gasteiger partial charge in [0.1, 0.15) is 0 Å². The quantitative estimate of drug-likeness (QED) is 0.480. The van der Waals surface area contributed by atoms with Crippen molar-refractivity contribution < 1.29 is 8.42 Å². The van der Waals surface area contributed by atoms with E-state index in [0.29, 0.717) is 10.8 Å². The van der Waals surface area contributed by atoms with Gasteiger partial charge in [-0.1, -0.05) is 43.5 Å². The number of nitrogens with zero attached hydrogens (tertiary/aromatic N) is 1. The summed E-state index contributed by atoms with van der Waals surface area (Å²) in [5, 5.41) is 3.75. The Bertz CT molecular complexity index is 1130. The first-order valence-corrected chi connectivity index (χ1v) is 14.4. The number of hydrogen-bond acceptors (Lipinski definition) is 4. The van der Waals surface area contributed by atoms with Crippen molar-refractivity contribution in [2.75, 3.05) is 23.3 Å². The highest BCUT2D eigenvalue weighted by Crippen LogP contribution is 2.50. The molecular weight excluding hydrogens is 442 g/mol. The van der Waals surface area contributed by atoms with Gasteiger partial charge in [-0.15, -0.1) is 0 Å². The number of allylic oxidation sites excluding steroid dienone is 2. The van der Waals surface area contributed by atoms with Gasteiger partial charge in [0, 0.05) is 36.4 Å². The van der Waals surface area contributed by atoms with Crippen molar-refractivity contribution in [2.24, 2.45) is 5.92 Å². The molecule has 2 aromatic carbocycles. The van der Waals surface area contributed by atoms with Crippen molar-refractivity contribution in [3.05, 3.63) is 65.7 Å². The van der Waals surface area contributed by atoms with Crippen LogP contribution in [0.15, 0.2) is 59.5 Å². The maximum atomic E-state index is 13.1. The van der Waals surface area contributed by atoms with E-state index in [4.69, 9.17) is 0 Å². The molecule has 5 rings (SSSR count). The summed E-state index contributed by atoms with van der Waals surface area (Å²) in [6.07, 6.45) is 10.8. The molecule has 3 aliphatic rings. The Kier molecular flexibility index (Phi) is 6.72. The van der Waals surface area contributed by atoms with Crippen LogP contribution >= 0.6 is 0 Å². The van der Waals surface area contributed by atoms with Gasteiger partial charge in [-0.05, 0) is 80.5 Å². The largest absolute Gasteiger partial charge is 0.378 e. The fraction of sp³-hybridized carbons (Fsp3) is 0.500. The van der Waals surface area contributed by atoms with Crippen molar-refractivity contribution in [2.45, 2.75) is 75.3 Å². The van der Waals surface area contributed by atoms with Crippen LogP contribution in [0.4, 0.5) is 11.4 Å².